The van der Waals surface area contributed by atoms with E-state index >= 15 is 0 Å². The molecule has 1 aromatic carbocycles. The van der Waals surface area contributed by atoms with E-state index in [1.165, 1.54) is 10.9 Å². The van der Waals surface area contributed by atoms with Crippen LogP contribution in [0, 0.1) is 20.8 Å². The number of rotatable bonds is 4. The van der Waals surface area contributed by atoms with Crippen molar-refractivity contribution >= 4 is 22.8 Å². The molecule has 1 aromatic heterocycles. The van der Waals surface area contributed by atoms with Gasteiger partial charge in [-0.3, -0.25) is 14.9 Å². The van der Waals surface area contributed by atoms with Gasteiger partial charge in [0, 0.05) is 17.6 Å². The van der Waals surface area contributed by atoms with Crippen LogP contribution in [0.25, 0.3) is 10.9 Å². The summed E-state index contributed by atoms with van der Waals surface area (Å²) in [6.45, 7) is 6.60. The molecule has 6 nitrogen and oxygen atoms in total. The molecule has 3 rings (SSSR count). The number of aliphatic carboxylic acids is 1. The van der Waals surface area contributed by atoms with E-state index in [0.717, 1.165) is 22.3 Å². The van der Waals surface area contributed by atoms with Crippen molar-refractivity contribution in [3.8, 4) is 0 Å². The molecule has 0 radical (unpaired) electrons. The first-order valence-corrected chi connectivity index (χ1v) is 8.21. The van der Waals surface area contributed by atoms with E-state index in [4.69, 9.17) is 5.11 Å². The van der Waals surface area contributed by atoms with Crippen LogP contribution >= 0.6 is 0 Å². The third-order valence-corrected chi connectivity index (χ3v) is 4.86. The smallest absolute Gasteiger partial charge is 0.320 e. The summed E-state index contributed by atoms with van der Waals surface area (Å²) >= 11 is 0. The molecular weight excluding hydrogens is 306 g/mol. The van der Waals surface area contributed by atoms with Crippen molar-refractivity contribution in [1.82, 2.24) is 15.6 Å². The molecule has 0 aliphatic carbocycles. The van der Waals surface area contributed by atoms with Gasteiger partial charge in [-0.25, -0.2) is 0 Å². The lowest BCUT2D eigenvalue weighted by atomic mass is 10.0. The van der Waals surface area contributed by atoms with Crippen molar-refractivity contribution in [3.63, 3.8) is 0 Å². The minimum atomic E-state index is -0.900. The number of fused-ring (bicyclic) bond motifs is 1. The molecule has 1 fully saturated rings. The number of hydrogen-bond donors (Lipinski definition) is 4. The first-order valence-electron chi connectivity index (χ1n) is 8.21. The topological polar surface area (TPSA) is 94.2 Å². The number of aromatic nitrogens is 1. The molecule has 2 heterocycles. The van der Waals surface area contributed by atoms with Gasteiger partial charge in [-0.15, -0.1) is 0 Å². The highest BCUT2D eigenvalue weighted by Crippen LogP contribution is 2.26. The molecule has 4 N–H and O–H groups in total. The van der Waals surface area contributed by atoms with Crippen molar-refractivity contribution in [3.05, 3.63) is 34.5 Å². The van der Waals surface area contributed by atoms with Gasteiger partial charge in [-0.05, 0) is 50.8 Å². The normalized spacial score (nSPS) is 20.5. The number of carboxylic acids is 1. The molecule has 0 spiro atoms. The summed E-state index contributed by atoms with van der Waals surface area (Å²) in [6.07, 6.45) is 1.03. The molecule has 2 atom stereocenters. The summed E-state index contributed by atoms with van der Waals surface area (Å²) in [6, 6.07) is 3.16. The van der Waals surface area contributed by atoms with Crippen molar-refractivity contribution in [1.29, 1.82) is 0 Å². The van der Waals surface area contributed by atoms with Crippen molar-refractivity contribution in [2.45, 2.75) is 52.2 Å². The van der Waals surface area contributed by atoms with Crippen LogP contribution in [-0.2, 0) is 16.1 Å². The minimum Gasteiger partial charge on any atom is -0.480 e. The van der Waals surface area contributed by atoms with Crippen LogP contribution in [0.3, 0.4) is 0 Å². The number of benzene rings is 1. The lowest BCUT2D eigenvalue weighted by molar-refractivity contribution is -0.139. The first-order chi connectivity index (χ1) is 11.4. The molecule has 128 valence electrons. The van der Waals surface area contributed by atoms with E-state index in [-0.39, 0.29) is 5.91 Å². The maximum absolute atomic E-state index is 12.3. The maximum atomic E-state index is 12.3. The molecule has 1 amide bonds. The van der Waals surface area contributed by atoms with Crippen LogP contribution in [-0.4, -0.2) is 34.1 Å². The molecular formula is C18H23N3O3. The Morgan fingerprint density at radius 3 is 2.58 bits per heavy atom. The first kappa shape index (κ1) is 16.5. The van der Waals surface area contributed by atoms with Gasteiger partial charge in [0.2, 0.25) is 5.91 Å². The Hall–Kier alpha value is -2.34. The summed E-state index contributed by atoms with van der Waals surface area (Å²) in [5.41, 5.74) is 5.60. The van der Waals surface area contributed by atoms with Gasteiger partial charge in [0.1, 0.15) is 6.04 Å². The highest BCUT2D eigenvalue weighted by Gasteiger charge is 2.32. The number of aromatic amines is 1. The Morgan fingerprint density at radius 1 is 1.21 bits per heavy atom. The number of H-pyrrole nitrogens is 1. The average molecular weight is 329 g/mol. The molecule has 1 aliphatic heterocycles. The van der Waals surface area contributed by atoms with E-state index in [2.05, 4.69) is 34.7 Å². The largest absolute Gasteiger partial charge is 0.480 e. The molecule has 1 aliphatic rings. The zero-order valence-corrected chi connectivity index (χ0v) is 14.2. The molecule has 2 aromatic rings. The van der Waals surface area contributed by atoms with Gasteiger partial charge < -0.3 is 15.4 Å². The van der Waals surface area contributed by atoms with Gasteiger partial charge in [0.05, 0.1) is 11.6 Å². The molecule has 24 heavy (non-hydrogen) atoms. The van der Waals surface area contributed by atoms with Crippen LogP contribution in [0.1, 0.15) is 35.2 Å². The third-order valence-electron chi connectivity index (χ3n) is 4.86. The Balaban J connectivity index is 1.73. The number of carboxylic acid groups (broad SMARTS) is 1. The monoisotopic (exact) mass is 329 g/mol. The fourth-order valence-electron chi connectivity index (χ4n) is 3.38. The van der Waals surface area contributed by atoms with Crippen LogP contribution in [0.15, 0.2) is 12.1 Å². The van der Waals surface area contributed by atoms with Crippen molar-refractivity contribution < 1.29 is 14.7 Å². The second kappa shape index (κ2) is 6.28. The number of hydrogen-bond acceptors (Lipinski definition) is 3. The highest BCUT2D eigenvalue weighted by atomic mass is 16.4. The lowest BCUT2D eigenvalue weighted by Crippen LogP contribution is -2.44. The molecule has 1 saturated heterocycles. The summed E-state index contributed by atoms with van der Waals surface area (Å²) < 4.78 is 0. The second-order valence-corrected chi connectivity index (χ2v) is 6.63. The van der Waals surface area contributed by atoms with Gasteiger partial charge in [-0.2, -0.15) is 0 Å². The summed E-state index contributed by atoms with van der Waals surface area (Å²) in [4.78, 5) is 26.7. The summed E-state index contributed by atoms with van der Waals surface area (Å²) in [5.74, 6) is -1.04. The third kappa shape index (κ3) is 3.01. The van der Waals surface area contributed by atoms with Crippen LogP contribution in [0.2, 0.25) is 0 Å². The van der Waals surface area contributed by atoms with Gasteiger partial charge >= 0.3 is 5.97 Å². The van der Waals surface area contributed by atoms with Crippen LogP contribution in [0.4, 0.5) is 0 Å². The Bertz CT molecular complexity index is 809. The highest BCUT2D eigenvalue weighted by molar-refractivity contribution is 5.89. The Labute approximate surface area is 140 Å². The van der Waals surface area contributed by atoms with Crippen LogP contribution < -0.4 is 10.6 Å². The van der Waals surface area contributed by atoms with Crippen molar-refractivity contribution in [2.24, 2.45) is 0 Å². The Morgan fingerprint density at radius 2 is 1.92 bits per heavy atom. The quantitative estimate of drug-likeness (QED) is 0.689. The predicted octanol–water partition coefficient (Wildman–Crippen LogP) is 1.91. The standard InChI is InChI=1S/C18H23N3O3/c1-9-6-12(16-13(7-9)10(2)11(3)20-16)8-19-17(22)14-4-5-15(21-14)18(23)24/h6-7,14-15,20-21H,4-5,8H2,1-3H3,(H,19,22)(H,23,24)/t14-,15+/m1/s1. The molecule has 0 bridgehead atoms. The summed E-state index contributed by atoms with van der Waals surface area (Å²) in [5, 5.41) is 16.0. The second-order valence-electron chi connectivity index (χ2n) is 6.63. The van der Waals surface area contributed by atoms with Crippen LogP contribution in [0.5, 0.6) is 0 Å². The number of carbonyl (C=O) groups is 2. The fourth-order valence-corrected chi connectivity index (χ4v) is 3.38. The SMILES string of the molecule is Cc1cc(CNC(=O)[C@H]2CC[C@@H](C(=O)O)N2)c2[nH]c(C)c(C)c2c1. The molecule has 0 saturated carbocycles. The average Bonchev–Trinajstić information content (AvgIpc) is 3.12. The zero-order valence-electron chi connectivity index (χ0n) is 14.2. The van der Waals surface area contributed by atoms with E-state index in [1.54, 1.807) is 0 Å². The van der Waals surface area contributed by atoms with E-state index < -0.39 is 18.1 Å². The molecule has 6 heteroatoms. The zero-order chi connectivity index (χ0) is 17.4. The number of aryl methyl sites for hydroxylation is 3. The van der Waals surface area contributed by atoms with Gasteiger partial charge in [-0.1, -0.05) is 11.6 Å². The van der Waals surface area contributed by atoms with E-state index in [0.29, 0.717) is 19.4 Å². The van der Waals surface area contributed by atoms with E-state index in [9.17, 15) is 9.59 Å². The lowest BCUT2D eigenvalue weighted by Gasteiger charge is -2.13. The summed E-state index contributed by atoms with van der Waals surface area (Å²) in [7, 11) is 0. The number of carbonyl (C=O) groups excluding carboxylic acids is 1. The van der Waals surface area contributed by atoms with Gasteiger partial charge in [0.15, 0.2) is 0 Å². The molecule has 0 unspecified atom stereocenters. The number of amides is 1. The maximum Gasteiger partial charge on any atom is 0.320 e. The van der Waals surface area contributed by atoms with E-state index in [1.807, 2.05) is 13.8 Å². The minimum absolute atomic E-state index is 0.145. The predicted molar refractivity (Wildman–Crippen MR) is 91.9 cm³/mol. The Kier molecular flexibility index (Phi) is 4.32. The van der Waals surface area contributed by atoms with Crippen molar-refractivity contribution in [2.75, 3.05) is 0 Å². The fraction of sp³-hybridized carbons (Fsp3) is 0.444. The van der Waals surface area contributed by atoms with Gasteiger partial charge in [0.25, 0.3) is 0 Å². The number of nitrogens with one attached hydrogen (secondary N) is 3.